The summed E-state index contributed by atoms with van der Waals surface area (Å²) >= 11 is 6.22. The van der Waals surface area contributed by atoms with Crippen molar-refractivity contribution in [2.24, 2.45) is 0 Å². The average molecular weight is 496 g/mol. The highest BCUT2D eigenvalue weighted by atomic mass is 35.5. The number of carboxylic acids is 1. The molecule has 1 fully saturated rings. The number of anilines is 1. The molecule has 1 atom stereocenters. The Balaban J connectivity index is 1.55. The summed E-state index contributed by atoms with van der Waals surface area (Å²) in [6.45, 7) is 1.75. The van der Waals surface area contributed by atoms with Crippen LogP contribution in [0.15, 0.2) is 59.5 Å². The molecule has 1 unspecified atom stereocenters. The van der Waals surface area contributed by atoms with Crippen LogP contribution in [0.1, 0.15) is 53.5 Å². The zero-order valence-electron chi connectivity index (χ0n) is 19.1. The Labute approximate surface area is 207 Å². The SMILES string of the molecule is Cc1cn(Cc2ccccc2Cl)c(=O)c(NC(=O)NC(CC(=O)O)c2ccc(C3CC3)cc2)c1O. The quantitative estimate of drug-likeness (QED) is 0.358. The van der Waals surface area contributed by atoms with Gasteiger partial charge in [0.25, 0.3) is 5.56 Å². The lowest BCUT2D eigenvalue weighted by Crippen LogP contribution is -2.36. The van der Waals surface area contributed by atoms with Gasteiger partial charge in [0.05, 0.1) is 19.0 Å². The van der Waals surface area contributed by atoms with E-state index in [9.17, 15) is 24.6 Å². The van der Waals surface area contributed by atoms with Gasteiger partial charge in [-0.3, -0.25) is 9.59 Å². The number of amides is 2. The first-order valence-electron chi connectivity index (χ1n) is 11.3. The third kappa shape index (κ3) is 5.84. The number of carbonyl (C=O) groups excluding carboxylic acids is 1. The van der Waals surface area contributed by atoms with Crippen molar-refractivity contribution >= 4 is 29.3 Å². The Morgan fingerprint density at radius 1 is 1.14 bits per heavy atom. The summed E-state index contributed by atoms with van der Waals surface area (Å²) in [7, 11) is 0. The lowest BCUT2D eigenvalue weighted by molar-refractivity contribution is -0.137. The van der Waals surface area contributed by atoms with E-state index in [1.54, 1.807) is 31.2 Å². The van der Waals surface area contributed by atoms with Crippen LogP contribution in [0, 0.1) is 6.92 Å². The van der Waals surface area contributed by atoms with Gasteiger partial charge in [0.2, 0.25) is 0 Å². The second-order valence-electron chi connectivity index (χ2n) is 8.75. The van der Waals surface area contributed by atoms with Crippen LogP contribution in [0.2, 0.25) is 5.02 Å². The molecule has 182 valence electrons. The minimum atomic E-state index is -1.08. The third-order valence-corrected chi connectivity index (χ3v) is 6.41. The van der Waals surface area contributed by atoms with Gasteiger partial charge in [0.15, 0.2) is 5.69 Å². The predicted molar refractivity (Wildman–Crippen MR) is 133 cm³/mol. The van der Waals surface area contributed by atoms with Gasteiger partial charge in [-0.1, -0.05) is 54.1 Å². The monoisotopic (exact) mass is 495 g/mol. The van der Waals surface area contributed by atoms with E-state index in [4.69, 9.17) is 11.6 Å². The fourth-order valence-electron chi connectivity index (χ4n) is 3.99. The second-order valence-corrected chi connectivity index (χ2v) is 9.16. The smallest absolute Gasteiger partial charge is 0.319 e. The van der Waals surface area contributed by atoms with Crippen LogP contribution in [0.3, 0.4) is 0 Å². The average Bonchev–Trinajstić information content (AvgIpc) is 3.67. The van der Waals surface area contributed by atoms with Crippen molar-refractivity contribution in [2.45, 2.75) is 44.7 Å². The topological polar surface area (TPSA) is 121 Å². The van der Waals surface area contributed by atoms with Crippen LogP contribution < -0.4 is 16.2 Å². The van der Waals surface area contributed by atoms with Gasteiger partial charge in [-0.15, -0.1) is 0 Å². The molecule has 4 N–H and O–H groups in total. The fourth-order valence-corrected chi connectivity index (χ4v) is 4.18. The highest BCUT2D eigenvalue weighted by molar-refractivity contribution is 6.31. The number of benzene rings is 2. The van der Waals surface area contributed by atoms with Gasteiger partial charge in [-0.25, -0.2) is 4.79 Å². The predicted octanol–water partition coefficient (Wildman–Crippen LogP) is 4.78. The van der Waals surface area contributed by atoms with E-state index in [1.165, 1.54) is 16.3 Å². The summed E-state index contributed by atoms with van der Waals surface area (Å²) in [5, 5.41) is 25.3. The van der Waals surface area contributed by atoms with Crippen molar-refractivity contribution in [3.05, 3.63) is 92.4 Å². The van der Waals surface area contributed by atoms with Crippen molar-refractivity contribution in [3.63, 3.8) is 0 Å². The maximum Gasteiger partial charge on any atom is 0.319 e. The number of rotatable bonds is 8. The molecule has 9 heteroatoms. The molecule has 4 rings (SSSR count). The van der Waals surface area contributed by atoms with E-state index in [1.807, 2.05) is 24.3 Å². The molecule has 2 aromatic carbocycles. The zero-order valence-corrected chi connectivity index (χ0v) is 19.9. The van der Waals surface area contributed by atoms with Gasteiger partial charge in [0, 0.05) is 16.8 Å². The lowest BCUT2D eigenvalue weighted by atomic mass is 10.0. The summed E-state index contributed by atoms with van der Waals surface area (Å²) in [6.07, 6.45) is 3.44. The van der Waals surface area contributed by atoms with Gasteiger partial charge < -0.3 is 25.4 Å². The molecule has 0 aliphatic heterocycles. The number of aliphatic carboxylic acids is 1. The number of aromatic nitrogens is 1. The Kier molecular flexibility index (Phi) is 7.12. The first-order chi connectivity index (χ1) is 16.7. The molecule has 0 saturated heterocycles. The third-order valence-electron chi connectivity index (χ3n) is 6.04. The number of hydrogen-bond donors (Lipinski definition) is 4. The largest absolute Gasteiger partial charge is 0.505 e. The summed E-state index contributed by atoms with van der Waals surface area (Å²) in [5.74, 6) is -0.887. The second kappa shape index (κ2) is 10.2. The van der Waals surface area contributed by atoms with Crippen LogP contribution in [0.4, 0.5) is 10.5 Å². The van der Waals surface area contributed by atoms with Gasteiger partial charge in [-0.2, -0.15) is 0 Å². The molecule has 1 aliphatic carbocycles. The number of aromatic hydroxyl groups is 1. The summed E-state index contributed by atoms with van der Waals surface area (Å²) < 4.78 is 1.34. The first-order valence-corrected chi connectivity index (χ1v) is 11.7. The first kappa shape index (κ1) is 24.3. The number of halogens is 1. The molecule has 2 amide bonds. The minimum absolute atomic E-state index is 0.144. The highest BCUT2D eigenvalue weighted by Crippen LogP contribution is 2.40. The normalized spacial score (nSPS) is 13.8. The number of nitrogens with zero attached hydrogens (tertiary/aromatic N) is 1. The van der Waals surface area contributed by atoms with Crippen molar-refractivity contribution in [1.29, 1.82) is 0 Å². The van der Waals surface area contributed by atoms with Crippen LogP contribution >= 0.6 is 11.6 Å². The van der Waals surface area contributed by atoms with E-state index in [2.05, 4.69) is 10.6 Å². The molecule has 0 radical (unpaired) electrons. The summed E-state index contributed by atoms with van der Waals surface area (Å²) in [5.41, 5.74) is 1.99. The molecule has 1 aromatic heterocycles. The van der Waals surface area contributed by atoms with E-state index in [-0.39, 0.29) is 24.4 Å². The molecule has 1 aliphatic rings. The van der Waals surface area contributed by atoms with Crippen molar-refractivity contribution in [2.75, 3.05) is 5.32 Å². The van der Waals surface area contributed by atoms with Crippen molar-refractivity contribution in [3.8, 4) is 5.75 Å². The van der Waals surface area contributed by atoms with Crippen molar-refractivity contribution in [1.82, 2.24) is 9.88 Å². The number of carbonyl (C=O) groups is 2. The molecule has 0 bridgehead atoms. The number of carboxylic acid groups (broad SMARTS) is 1. The maximum absolute atomic E-state index is 13.1. The molecule has 35 heavy (non-hydrogen) atoms. The number of pyridine rings is 1. The van der Waals surface area contributed by atoms with Gasteiger partial charge >= 0.3 is 12.0 Å². The van der Waals surface area contributed by atoms with Crippen LogP contribution in [-0.2, 0) is 11.3 Å². The molecule has 3 aromatic rings. The van der Waals surface area contributed by atoms with Gasteiger partial charge in [-0.05, 0) is 48.4 Å². The zero-order chi connectivity index (χ0) is 25.1. The van der Waals surface area contributed by atoms with E-state index >= 15 is 0 Å². The van der Waals surface area contributed by atoms with E-state index in [0.29, 0.717) is 27.6 Å². The number of aryl methyl sites for hydroxylation is 1. The lowest BCUT2D eigenvalue weighted by Gasteiger charge is -2.19. The molecule has 0 spiro atoms. The standard InChI is InChI=1S/C26H26ClN3O5/c1-15-13-30(14-19-4-2-3-5-20(19)27)25(34)23(24(15)33)29-26(35)28-21(12-22(31)32)18-10-8-17(9-11-18)16-6-7-16/h2-5,8-11,13,16,21,33H,6-7,12,14H2,1H3,(H,31,32)(H2,28,29,35). The van der Waals surface area contributed by atoms with Gasteiger partial charge in [0.1, 0.15) is 5.75 Å². The van der Waals surface area contributed by atoms with E-state index in [0.717, 1.165) is 12.8 Å². The molecule has 8 nitrogen and oxygen atoms in total. The van der Waals surface area contributed by atoms with E-state index < -0.39 is 23.6 Å². The Morgan fingerprint density at radius 3 is 2.46 bits per heavy atom. The minimum Gasteiger partial charge on any atom is -0.505 e. The number of urea groups is 1. The van der Waals surface area contributed by atoms with Crippen LogP contribution in [-0.4, -0.2) is 26.8 Å². The number of nitrogens with one attached hydrogen (secondary N) is 2. The maximum atomic E-state index is 13.1. The number of hydrogen-bond acceptors (Lipinski definition) is 4. The van der Waals surface area contributed by atoms with Crippen LogP contribution in [0.25, 0.3) is 0 Å². The molecule has 1 saturated carbocycles. The Bertz CT molecular complexity index is 1320. The Morgan fingerprint density at radius 2 is 1.83 bits per heavy atom. The summed E-state index contributed by atoms with van der Waals surface area (Å²) in [4.78, 5) is 37.3. The molecule has 1 heterocycles. The highest BCUT2D eigenvalue weighted by Gasteiger charge is 2.25. The fraction of sp³-hybridized carbons (Fsp3) is 0.269. The Hall–Kier alpha value is -3.78. The van der Waals surface area contributed by atoms with Crippen LogP contribution in [0.5, 0.6) is 5.75 Å². The molecular formula is C26H26ClN3O5. The van der Waals surface area contributed by atoms with Crippen molar-refractivity contribution < 1.29 is 19.8 Å². The summed E-state index contributed by atoms with van der Waals surface area (Å²) in [6, 6.07) is 13.0. The molecular weight excluding hydrogens is 470 g/mol.